The van der Waals surface area contributed by atoms with Crippen LogP contribution in [0.4, 0.5) is 0 Å². The Morgan fingerprint density at radius 3 is 1.88 bits per heavy atom. The van der Waals surface area contributed by atoms with Crippen molar-refractivity contribution in [3.8, 4) is 18.6 Å². The molecule has 0 aliphatic rings. The van der Waals surface area contributed by atoms with Gasteiger partial charge in [-0.3, -0.25) is 0 Å². The Bertz CT molecular complexity index is 367. The molecule has 0 amide bonds. The first kappa shape index (κ1) is 15.6. The second-order valence-electron chi connectivity index (χ2n) is 6.14. The molecule has 1 rings (SSSR count). The molecular formula is C16H24O. The molecule has 1 N–H and O–H groups in total. The molecule has 94 valence electrons. The van der Waals surface area contributed by atoms with Crippen LogP contribution in [0.5, 0.6) is 5.75 Å². The molecule has 0 heterocycles. The standard InChI is InChI=1S/C14H22O.C2H2/c1-13(2,3)10-14(4,5)11-8-6-7-9-12(11)15;1-2/h6-9,15H,10H2,1-5H3;1-2H. The topological polar surface area (TPSA) is 20.2 Å². The van der Waals surface area contributed by atoms with Crippen LogP contribution < -0.4 is 0 Å². The molecule has 17 heavy (non-hydrogen) atoms. The van der Waals surface area contributed by atoms with Gasteiger partial charge in [0, 0.05) is 0 Å². The number of hydrogen-bond donors (Lipinski definition) is 1. The smallest absolute Gasteiger partial charge is 0.119 e. The van der Waals surface area contributed by atoms with Crippen LogP contribution in [0.3, 0.4) is 0 Å². The third-order valence-electron chi connectivity index (χ3n) is 2.61. The fourth-order valence-electron chi connectivity index (χ4n) is 2.47. The van der Waals surface area contributed by atoms with Crippen molar-refractivity contribution in [3.05, 3.63) is 29.8 Å². The summed E-state index contributed by atoms with van der Waals surface area (Å²) in [4.78, 5) is 0. The molecule has 0 spiro atoms. The van der Waals surface area contributed by atoms with Crippen LogP contribution in [0.25, 0.3) is 0 Å². The lowest BCUT2D eigenvalue weighted by Crippen LogP contribution is -2.24. The molecule has 0 saturated carbocycles. The highest BCUT2D eigenvalue weighted by molar-refractivity contribution is 5.37. The summed E-state index contributed by atoms with van der Waals surface area (Å²) >= 11 is 0. The van der Waals surface area contributed by atoms with Crippen LogP contribution in [0.1, 0.15) is 46.6 Å². The highest BCUT2D eigenvalue weighted by Gasteiger charge is 2.28. The molecule has 1 aromatic carbocycles. The summed E-state index contributed by atoms with van der Waals surface area (Å²) in [6.45, 7) is 11.1. The molecular weight excluding hydrogens is 208 g/mol. The molecule has 0 fully saturated rings. The number of rotatable bonds is 2. The number of phenolic OH excluding ortho intramolecular Hbond substituents is 1. The van der Waals surface area contributed by atoms with Gasteiger partial charge >= 0.3 is 0 Å². The van der Waals surface area contributed by atoms with E-state index in [9.17, 15) is 5.11 Å². The van der Waals surface area contributed by atoms with Crippen LogP contribution in [0.15, 0.2) is 24.3 Å². The quantitative estimate of drug-likeness (QED) is 0.751. The van der Waals surface area contributed by atoms with Gasteiger partial charge in [-0.05, 0) is 28.9 Å². The lowest BCUT2D eigenvalue weighted by molar-refractivity contribution is 0.278. The van der Waals surface area contributed by atoms with E-state index in [2.05, 4.69) is 47.5 Å². The molecule has 0 aromatic heterocycles. The zero-order chi connectivity index (χ0) is 13.7. The Labute approximate surface area is 106 Å². The monoisotopic (exact) mass is 232 g/mol. The van der Waals surface area contributed by atoms with Crippen LogP contribution in [-0.4, -0.2) is 5.11 Å². The van der Waals surface area contributed by atoms with Crippen molar-refractivity contribution in [3.63, 3.8) is 0 Å². The van der Waals surface area contributed by atoms with E-state index in [1.165, 1.54) is 0 Å². The number of hydrogen-bond acceptors (Lipinski definition) is 1. The van der Waals surface area contributed by atoms with E-state index in [1.807, 2.05) is 18.2 Å². The highest BCUT2D eigenvalue weighted by atomic mass is 16.3. The normalized spacial score (nSPS) is 11.5. The van der Waals surface area contributed by atoms with Gasteiger partial charge in [-0.2, -0.15) is 0 Å². The van der Waals surface area contributed by atoms with Gasteiger partial charge in [0.2, 0.25) is 0 Å². The van der Waals surface area contributed by atoms with Gasteiger partial charge in [0.05, 0.1) is 0 Å². The van der Waals surface area contributed by atoms with Gasteiger partial charge in [0.15, 0.2) is 0 Å². The summed E-state index contributed by atoms with van der Waals surface area (Å²) < 4.78 is 0. The summed E-state index contributed by atoms with van der Waals surface area (Å²) in [5, 5.41) is 9.84. The molecule has 1 aromatic rings. The predicted molar refractivity (Wildman–Crippen MR) is 75.1 cm³/mol. The van der Waals surface area contributed by atoms with Crippen molar-refractivity contribution in [1.29, 1.82) is 0 Å². The van der Waals surface area contributed by atoms with E-state index < -0.39 is 0 Å². The van der Waals surface area contributed by atoms with Crippen LogP contribution in [0, 0.1) is 18.3 Å². The summed E-state index contributed by atoms with van der Waals surface area (Å²) in [5.41, 5.74) is 1.33. The SMILES string of the molecule is C#C.CC(C)(C)CC(C)(C)c1ccccc1O. The molecule has 0 saturated heterocycles. The first-order chi connectivity index (χ1) is 7.72. The number of terminal acetylenes is 1. The molecule has 1 heteroatoms. The van der Waals surface area contributed by atoms with Gasteiger partial charge in [0.1, 0.15) is 5.75 Å². The van der Waals surface area contributed by atoms with Crippen molar-refractivity contribution in [2.45, 2.75) is 46.5 Å². The first-order valence-corrected chi connectivity index (χ1v) is 5.84. The maximum atomic E-state index is 9.84. The molecule has 0 aliphatic heterocycles. The summed E-state index contributed by atoms with van der Waals surface area (Å²) in [6.07, 6.45) is 9.05. The second-order valence-corrected chi connectivity index (χ2v) is 6.14. The van der Waals surface area contributed by atoms with E-state index in [-0.39, 0.29) is 10.8 Å². The minimum atomic E-state index is 0.0175. The number of phenols is 1. The molecule has 0 aliphatic carbocycles. The van der Waals surface area contributed by atoms with Gasteiger partial charge in [-0.15, -0.1) is 12.8 Å². The van der Waals surface area contributed by atoms with Crippen LogP contribution in [-0.2, 0) is 5.41 Å². The Kier molecular flexibility index (Phi) is 5.29. The Morgan fingerprint density at radius 1 is 1.00 bits per heavy atom. The Balaban J connectivity index is 0.00000121. The molecule has 0 radical (unpaired) electrons. The third-order valence-corrected chi connectivity index (χ3v) is 2.61. The minimum Gasteiger partial charge on any atom is -0.508 e. The Hall–Kier alpha value is -1.42. The maximum absolute atomic E-state index is 9.84. The van der Waals surface area contributed by atoms with Crippen molar-refractivity contribution >= 4 is 0 Å². The van der Waals surface area contributed by atoms with Crippen molar-refractivity contribution in [2.24, 2.45) is 5.41 Å². The van der Waals surface area contributed by atoms with Gasteiger partial charge in [-0.25, -0.2) is 0 Å². The average Bonchev–Trinajstić information content (AvgIpc) is 2.17. The van der Waals surface area contributed by atoms with E-state index in [4.69, 9.17) is 0 Å². The van der Waals surface area contributed by atoms with E-state index in [0.29, 0.717) is 5.75 Å². The second kappa shape index (κ2) is 5.77. The lowest BCUT2D eigenvalue weighted by atomic mass is 9.72. The van der Waals surface area contributed by atoms with E-state index in [1.54, 1.807) is 6.07 Å². The maximum Gasteiger partial charge on any atom is 0.119 e. The molecule has 0 unspecified atom stereocenters. The highest BCUT2D eigenvalue weighted by Crippen LogP contribution is 2.39. The minimum absolute atomic E-state index is 0.0175. The fourth-order valence-corrected chi connectivity index (χ4v) is 2.47. The zero-order valence-electron chi connectivity index (χ0n) is 11.6. The summed E-state index contributed by atoms with van der Waals surface area (Å²) in [6, 6.07) is 7.63. The number of para-hydroxylation sites is 1. The van der Waals surface area contributed by atoms with Crippen LogP contribution in [0.2, 0.25) is 0 Å². The fraction of sp³-hybridized carbons (Fsp3) is 0.500. The van der Waals surface area contributed by atoms with Crippen molar-refractivity contribution in [2.75, 3.05) is 0 Å². The largest absolute Gasteiger partial charge is 0.508 e. The average molecular weight is 232 g/mol. The van der Waals surface area contributed by atoms with Crippen LogP contribution >= 0.6 is 0 Å². The van der Waals surface area contributed by atoms with E-state index >= 15 is 0 Å². The summed E-state index contributed by atoms with van der Waals surface area (Å²) in [7, 11) is 0. The van der Waals surface area contributed by atoms with Crippen molar-refractivity contribution < 1.29 is 5.11 Å². The third kappa shape index (κ3) is 4.95. The van der Waals surface area contributed by atoms with Crippen molar-refractivity contribution in [1.82, 2.24) is 0 Å². The molecule has 0 atom stereocenters. The number of aromatic hydroxyl groups is 1. The van der Waals surface area contributed by atoms with Gasteiger partial charge in [-0.1, -0.05) is 52.8 Å². The van der Waals surface area contributed by atoms with Gasteiger partial charge < -0.3 is 5.11 Å². The van der Waals surface area contributed by atoms with Gasteiger partial charge in [0.25, 0.3) is 0 Å². The lowest BCUT2D eigenvalue weighted by Gasteiger charge is -2.33. The molecule has 0 bridgehead atoms. The first-order valence-electron chi connectivity index (χ1n) is 5.84. The molecule has 1 nitrogen and oxygen atoms in total. The Morgan fingerprint density at radius 2 is 1.47 bits per heavy atom. The number of benzene rings is 1. The van der Waals surface area contributed by atoms with E-state index in [0.717, 1.165) is 12.0 Å². The predicted octanol–water partition coefficient (Wildman–Crippen LogP) is 4.36. The zero-order valence-corrected chi connectivity index (χ0v) is 11.6. The summed E-state index contributed by atoms with van der Waals surface area (Å²) in [5.74, 6) is 0.409.